The second kappa shape index (κ2) is 2.83. The van der Waals surface area contributed by atoms with E-state index in [-0.39, 0.29) is 0 Å². The van der Waals surface area contributed by atoms with Crippen LogP contribution in [0, 0.1) is 5.41 Å². The highest BCUT2D eigenvalue weighted by Crippen LogP contribution is 2.54. The molecule has 2 N–H and O–H groups in total. The Kier molecular flexibility index (Phi) is 1.80. The van der Waals surface area contributed by atoms with Gasteiger partial charge >= 0.3 is 0 Å². The summed E-state index contributed by atoms with van der Waals surface area (Å²) in [4.78, 5) is 0. The minimum absolute atomic E-state index is 0.461. The average Bonchev–Trinajstić information content (AvgIpc) is 2.78. The molecule has 0 aromatic heterocycles. The summed E-state index contributed by atoms with van der Waals surface area (Å²) in [5.74, 6) is 0. The summed E-state index contributed by atoms with van der Waals surface area (Å²) < 4.78 is 1.27. The van der Waals surface area contributed by atoms with Crippen LogP contribution in [-0.2, 0) is 12.8 Å². The molecule has 14 heavy (non-hydrogen) atoms. The molecule has 3 rings (SSSR count). The second-order valence-corrected chi connectivity index (χ2v) is 5.58. The first kappa shape index (κ1) is 8.93. The molecule has 0 amide bonds. The highest BCUT2D eigenvalue weighted by atomic mass is 79.9. The molecule has 1 aromatic rings. The lowest BCUT2D eigenvalue weighted by Crippen LogP contribution is -2.22. The molecule has 1 fully saturated rings. The van der Waals surface area contributed by atoms with Gasteiger partial charge in [-0.05, 0) is 48.3 Å². The summed E-state index contributed by atoms with van der Waals surface area (Å²) in [5.41, 5.74) is 9.52. The highest BCUT2D eigenvalue weighted by Gasteiger charge is 2.52. The van der Waals surface area contributed by atoms with Crippen LogP contribution < -0.4 is 5.73 Å². The van der Waals surface area contributed by atoms with E-state index in [1.54, 1.807) is 0 Å². The molecule has 1 saturated carbocycles. The lowest BCUT2D eigenvalue weighted by molar-refractivity contribution is 0.420. The van der Waals surface area contributed by atoms with Crippen molar-refractivity contribution in [3.8, 4) is 0 Å². The van der Waals surface area contributed by atoms with E-state index >= 15 is 0 Å². The number of halogens is 1. The van der Waals surface area contributed by atoms with Gasteiger partial charge in [0.25, 0.3) is 0 Å². The molecular weight excluding hydrogens is 238 g/mol. The predicted molar refractivity (Wildman–Crippen MR) is 61.2 cm³/mol. The van der Waals surface area contributed by atoms with Crippen molar-refractivity contribution in [1.82, 2.24) is 0 Å². The van der Waals surface area contributed by atoms with Crippen molar-refractivity contribution in [3.05, 3.63) is 33.8 Å². The van der Waals surface area contributed by atoms with Crippen molar-refractivity contribution in [2.24, 2.45) is 11.1 Å². The zero-order chi connectivity index (χ0) is 9.76. The maximum atomic E-state index is 6.02. The van der Waals surface area contributed by atoms with E-state index in [0.29, 0.717) is 11.5 Å². The van der Waals surface area contributed by atoms with Gasteiger partial charge in [-0.2, -0.15) is 0 Å². The molecule has 74 valence electrons. The molecule has 0 bridgehead atoms. The summed E-state index contributed by atoms with van der Waals surface area (Å²) in [6.45, 7) is 0. The lowest BCUT2D eigenvalue weighted by atomic mass is 9.81. The van der Waals surface area contributed by atoms with Crippen LogP contribution in [0.1, 0.15) is 24.0 Å². The molecule has 0 radical (unpaired) electrons. The maximum absolute atomic E-state index is 6.02. The Morgan fingerprint density at radius 2 is 2.21 bits per heavy atom. The number of rotatable bonds is 0. The lowest BCUT2D eigenvalue weighted by Gasteiger charge is -2.25. The third-order valence-electron chi connectivity index (χ3n) is 3.89. The first-order valence-corrected chi connectivity index (χ1v) is 6.02. The minimum atomic E-state index is 0.461. The van der Waals surface area contributed by atoms with Crippen LogP contribution in [-0.4, -0.2) is 6.04 Å². The number of nitrogens with two attached hydrogens (primary N) is 1. The van der Waals surface area contributed by atoms with Gasteiger partial charge in [0.15, 0.2) is 0 Å². The first-order valence-electron chi connectivity index (χ1n) is 5.23. The molecule has 0 aliphatic heterocycles. The van der Waals surface area contributed by atoms with Crippen molar-refractivity contribution in [1.29, 1.82) is 0 Å². The predicted octanol–water partition coefficient (Wildman–Crippen LogP) is 2.66. The van der Waals surface area contributed by atoms with Crippen LogP contribution in [0.15, 0.2) is 22.7 Å². The first-order chi connectivity index (χ1) is 6.71. The largest absolute Gasteiger partial charge is 0.327 e. The van der Waals surface area contributed by atoms with Gasteiger partial charge < -0.3 is 5.73 Å². The Hall–Kier alpha value is -0.340. The fourth-order valence-corrected chi connectivity index (χ4v) is 3.28. The van der Waals surface area contributed by atoms with Crippen LogP contribution in [0.2, 0.25) is 0 Å². The topological polar surface area (TPSA) is 26.0 Å². The standard InChI is InChI=1S/C12H14BrN/c13-10-3-1-2-8-4-5-12(6-9(8)10)7-11(12)14/h1-3,11H,4-7,14H2. The number of fused-ring (bicyclic) bond motifs is 1. The van der Waals surface area contributed by atoms with E-state index < -0.39 is 0 Å². The molecule has 2 heteroatoms. The van der Waals surface area contributed by atoms with Crippen LogP contribution >= 0.6 is 15.9 Å². The van der Waals surface area contributed by atoms with Crippen LogP contribution in [0.4, 0.5) is 0 Å². The minimum Gasteiger partial charge on any atom is -0.327 e. The van der Waals surface area contributed by atoms with E-state index in [2.05, 4.69) is 34.1 Å². The van der Waals surface area contributed by atoms with Gasteiger partial charge in [-0.3, -0.25) is 0 Å². The van der Waals surface area contributed by atoms with E-state index in [9.17, 15) is 0 Å². The Labute approximate surface area is 92.8 Å². The van der Waals surface area contributed by atoms with Gasteiger partial charge in [0.1, 0.15) is 0 Å². The Bertz CT molecular complexity index is 388. The fourth-order valence-electron chi connectivity index (χ4n) is 2.73. The van der Waals surface area contributed by atoms with Crippen molar-refractivity contribution in [3.63, 3.8) is 0 Å². The molecule has 0 saturated heterocycles. The quantitative estimate of drug-likeness (QED) is 0.754. The maximum Gasteiger partial charge on any atom is 0.0210 e. The smallest absolute Gasteiger partial charge is 0.0210 e. The van der Waals surface area contributed by atoms with Gasteiger partial charge in [-0.15, -0.1) is 0 Å². The Balaban J connectivity index is 2.01. The van der Waals surface area contributed by atoms with Crippen molar-refractivity contribution >= 4 is 15.9 Å². The molecule has 1 aromatic carbocycles. The summed E-state index contributed by atoms with van der Waals surface area (Å²) in [7, 11) is 0. The Morgan fingerprint density at radius 1 is 1.43 bits per heavy atom. The van der Waals surface area contributed by atoms with Gasteiger partial charge in [-0.1, -0.05) is 28.1 Å². The van der Waals surface area contributed by atoms with Crippen LogP contribution in [0.25, 0.3) is 0 Å². The average molecular weight is 252 g/mol. The third kappa shape index (κ3) is 1.17. The highest BCUT2D eigenvalue weighted by molar-refractivity contribution is 9.10. The normalized spacial score (nSPS) is 34.3. The number of benzene rings is 1. The third-order valence-corrected chi connectivity index (χ3v) is 4.63. The van der Waals surface area contributed by atoms with Gasteiger partial charge in [0.2, 0.25) is 0 Å². The van der Waals surface area contributed by atoms with Crippen molar-refractivity contribution in [2.45, 2.75) is 31.7 Å². The molecule has 1 nitrogen and oxygen atoms in total. The summed E-state index contributed by atoms with van der Waals surface area (Å²) in [6.07, 6.45) is 4.92. The fraction of sp³-hybridized carbons (Fsp3) is 0.500. The summed E-state index contributed by atoms with van der Waals surface area (Å²) in [6, 6.07) is 6.99. The SMILES string of the molecule is NC1CC12CCc1cccc(Br)c1C2. The van der Waals surface area contributed by atoms with E-state index in [1.165, 1.54) is 41.3 Å². The van der Waals surface area contributed by atoms with E-state index in [4.69, 9.17) is 5.73 Å². The monoisotopic (exact) mass is 251 g/mol. The number of hydrogen-bond donors (Lipinski definition) is 1. The molecule has 2 aliphatic rings. The second-order valence-electron chi connectivity index (χ2n) is 4.73. The molecule has 2 unspecified atom stereocenters. The summed E-state index contributed by atoms with van der Waals surface area (Å²) >= 11 is 3.64. The van der Waals surface area contributed by atoms with E-state index in [1.807, 2.05) is 0 Å². The molecule has 2 aliphatic carbocycles. The van der Waals surface area contributed by atoms with Crippen molar-refractivity contribution < 1.29 is 0 Å². The van der Waals surface area contributed by atoms with Gasteiger partial charge in [-0.25, -0.2) is 0 Å². The zero-order valence-corrected chi connectivity index (χ0v) is 9.68. The van der Waals surface area contributed by atoms with Crippen LogP contribution in [0.3, 0.4) is 0 Å². The molecule has 1 spiro atoms. The Morgan fingerprint density at radius 3 is 2.93 bits per heavy atom. The zero-order valence-electron chi connectivity index (χ0n) is 8.09. The van der Waals surface area contributed by atoms with Crippen molar-refractivity contribution in [2.75, 3.05) is 0 Å². The number of aryl methyl sites for hydroxylation is 1. The number of hydrogen-bond acceptors (Lipinski definition) is 1. The molecular formula is C12H14BrN. The van der Waals surface area contributed by atoms with Crippen LogP contribution in [0.5, 0.6) is 0 Å². The van der Waals surface area contributed by atoms with Gasteiger partial charge in [0, 0.05) is 10.5 Å². The van der Waals surface area contributed by atoms with Gasteiger partial charge in [0.05, 0.1) is 0 Å². The molecule has 0 heterocycles. The summed E-state index contributed by atoms with van der Waals surface area (Å²) in [5, 5.41) is 0. The molecule has 2 atom stereocenters. The van der Waals surface area contributed by atoms with E-state index in [0.717, 1.165) is 0 Å².